The van der Waals surface area contributed by atoms with Gasteiger partial charge in [-0.1, -0.05) is 141 Å². The summed E-state index contributed by atoms with van der Waals surface area (Å²) >= 11 is 0. The van der Waals surface area contributed by atoms with E-state index >= 15 is 0 Å². The van der Waals surface area contributed by atoms with Gasteiger partial charge in [0.25, 0.3) is 0 Å². The van der Waals surface area contributed by atoms with Crippen molar-refractivity contribution in [2.75, 3.05) is 0 Å². The van der Waals surface area contributed by atoms with E-state index < -0.39 is 0 Å². The maximum Gasteiger partial charge on any atom is 0.0716 e. The van der Waals surface area contributed by atoms with Crippen molar-refractivity contribution in [1.29, 1.82) is 0 Å². The van der Waals surface area contributed by atoms with Crippen molar-refractivity contribution >= 4 is 11.1 Å². The molecular formula is C49H40. The van der Waals surface area contributed by atoms with E-state index in [2.05, 4.69) is 147 Å². The van der Waals surface area contributed by atoms with E-state index in [1.807, 2.05) is 0 Å². The first-order chi connectivity index (χ1) is 24.2. The summed E-state index contributed by atoms with van der Waals surface area (Å²) in [5.41, 5.74) is 22.9. The normalized spacial score (nSPS) is 24.0. The van der Waals surface area contributed by atoms with E-state index in [-0.39, 0.29) is 16.2 Å². The minimum Gasteiger partial charge on any atom is -0.0839 e. The fraction of sp³-hybridized carbons (Fsp3) is 0.224. The Hall–Kier alpha value is -4.94. The van der Waals surface area contributed by atoms with Gasteiger partial charge in [0.2, 0.25) is 0 Å². The van der Waals surface area contributed by atoms with Crippen LogP contribution in [0.5, 0.6) is 0 Å². The van der Waals surface area contributed by atoms with Gasteiger partial charge in [-0.25, -0.2) is 0 Å². The molecule has 2 unspecified atom stereocenters. The van der Waals surface area contributed by atoms with Crippen LogP contribution in [-0.2, 0) is 16.2 Å². The molecule has 236 valence electrons. The van der Waals surface area contributed by atoms with Gasteiger partial charge in [-0.3, -0.25) is 0 Å². The Bertz CT molecular complexity index is 2420. The number of fused-ring (bicyclic) bond motifs is 17. The lowest BCUT2D eigenvalue weighted by molar-refractivity contribution is 0.488. The topological polar surface area (TPSA) is 0 Å². The van der Waals surface area contributed by atoms with Gasteiger partial charge < -0.3 is 0 Å². The van der Waals surface area contributed by atoms with E-state index in [1.165, 1.54) is 83.5 Å². The van der Waals surface area contributed by atoms with Crippen LogP contribution in [0.2, 0.25) is 0 Å². The molecule has 5 aromatic rings. The van der Waals surface area contributed by atoms with Crippen molar-refractivity contribution in [1.82, 2.24) is 0 Å². The van der Waals surface area contributed by atoms with Crippen LogP contribution in [-0.4, -0.2) is 0 Å². The van der Waals surface area contributed by atoms with E-state index in [9.17, 15) is 0 Å². The molecule has 0 fully saturated rings. The molecule has 0 saturated carbocycles. The minimum atomic E-state index is -0.385. The fourth-order valence-corrected chi connectivity index (χ4v) is 11.7. The smallest absolute Gasteiger partial charge is 0.0716 e. The molecule has 2 spiro atoms. The summed E-state index contributed by atoms with van der Waals surface area (Å²) in [6, 6.07) is 43.2. The van der Waals surface area contributed by atoms with Crippen molar-refractivity contribution in [3.8, 4) is 11.1 Å². The molecule has 6 aliphatic carbocycles. The zero-order chi connectivity index (χ0) is 32.5. The first-order valence-electron chi connectivity index (χ1n) is 18.6. The van der Waals surface area contributed by atoms with E-state index in [0.717, 1.165) is 38.5 Å². The highest BCUT2D eigenvalue weighted by molar-refractivity contribution is 5.96. The molecule has 0 amide bonds. The molecule has 0 heterocycles. The molecule has 49 heavy (non-hydrogen) atoms. The number of hydrogen-bond acceptors (Lipinski definition) is 0. The number of hydrogen-bond donors (Lipinski definition) is 0. The Morgan fingerprint density at radius 3 is 1.41 bits per heavy atom. The van der Waals surface area contributed by atoms with Gasteiger partial charge in [0.15, 0.2) is 0 Å². The third kappa shape index (κ3) is 3.02. The van der Waals surface area contributed by atoms with E-state index in [0.29, 0.717) is 0 Å². The van der Waals surface area contributed by atoms with Crippen molar-refractivity contribution in [3.05, 3.63) is 200 Å². The molecule has 0 radical (unpaired) electrons. The first kappa shape index (κ1) is 28.0. The zero-order valence-electron chi connectivity index (χ0n) is 28.4. The van der Waals surface area contributed by atoms with Gasteiger partial charge in [0.05, 0.1) is 10.8 Å². The molecular weight excluding hydrogens is 589 g/mol. The lowest BCUT2D eigenvalue weighted by Crippen LogP contribution is -2.45. The van der Waals surface area contributed by atoms with Gasteiger partial charge in [-0.05, 0) is 134 Å². The fourth-order valence-electron chi connectivity index (χ4n) is 11.7. The third-order valence-electron chi connectivity index (χ3n) is 13.6. The molecule has 0 N–H and O–H groups in total. The standard InChI is InChI=1S/C49H40/c1-3-47(4-2)37-22-10-5-21-35(37)36-29-45-46(30-44(36)47)49(40-25-13-8-19-33(40)34-20-9-14-26-41(34)49)43-28-16-15-27-42(43)48(45)38-23-11-6-17-31(38)32-18-7-12-24-39(32)48/h5-6,8,10-17,19,21-30H,3-4,7,9,18,20H2,1-2H3. The summed E-state index contributed by atoms with van der Waals surface area (Å²) in [4.78, 5) is 0. The average Bonchev–Trinajstić information content (AvgIpc) is 3.75. The Labute approximate surface area is 290 Å². The van der Waals surface area contributed by atoms with Crippen LogP contribution in [0.4, 0.5) is 0 Å². The molecule has 0 nitrogen and oxygen atoms in total. The van der Waals surface area contributed by atoms with Crippen LogP contribution < -0.4 is 0 Å². The lowest BCUT2D eigenvalue weighted by atomic mass is 9.51. The molecule has 0 aliphatic heterocycles. The third-order valence-corrected chi connectivity index (χ3v) is 13.6. The molecule has 2 atom stereocenters. The maximum absolute atomic E-state index is 2.75. The van der Waals surface area contributed by atoms with E-state index in [1.54, 1.807) is 5.57 Å². The zero-order valence-corrected chi connectivity index (χ0v) is 28.4. The monoisotopic (exact) mass is 628 g/mol. The molecule has 0 aromatic heterocycles. The highest BCUT2D eigenvalue weighted by Gasteiger charge is 2.60. The van der Waals surface area contributed by atoms with Crippen molar-refractivity contribution in [3.63, 3.8) is 0 Å². The van der Waals surface area contributed by atoms with Gasteiger partial charge >= 0.3 is 0 Å². The Morgan fingerprint density at radius 1 is 0.429 bits per heavy atom. The van der Waals surface area contributed by atoms with Crippen LogP contribution in [0.25, 0.3) is 22.3 Å². The first-order valence-corrected chi connectivity index (χ1v) is 18.6. The lowest BCUT2D eigenvalue weighted by Gasteiger charge is -2.50. The summed E-state index contributed by atoms with van der Waals surface area (Å²) < 4.78 is 0. The van der Waals surface area contributed by atoms with Crippen LogP contribution in [0.15, 0.2) is 145 Å². The second kappa shape index (κ2) is 9.60. The second-order valence-corrected chi connectivity index (χ2v) is 15.1. The molecule has 11 rings (SSSR count). The Balaban J connectivity index is 1.39. The summed E-state index contributed by atoms with van der Waals surface area (Å²) in [5.74, 6) is 0. The molecule has 0 heteroatoms. The summed E-state index contributed by atoms with van der Waals surface area (Å²) in [6.07, 6.45) is 16.5. The highest BCUT2D eigenvalue weighted by Crippen LogP contribution is 2.69. The Morgan fingerprint density at radius 2 is 0.878 bits per heavy atom. The number of benzene rings is 5. The Kier molecular flexibility index (Phi) is 5.48. The predicted octanol–water partition coefficient (Wildman–Crippen LogP) is 12.0. The van der Waals surface area contributed by atoms with Crippen LogP contribution >= 0.6 is 0 Å². The molecule has 0 saturated heterocycles. The van der Waals surface area contributed by atoms with Crippen molar-refractivity contribution in [2.24, 2.45) is 0 Å². The predicted molar refractivity (Wildman–Crippen MR) is 203 cm³/mol. The van der Waals surface area contributed by atoms with Gasteiger partial charge in [0, 0.05) is 5.41 Å². The molecule has 6 aliphatic rings. The van der Waals surface area contributed by atoms with Crippen LogP contribution in [0, 0.1) is 0 Å². The van der Waals surface area contributed by atoms with Crippen LogP contribution in [0.3, 0.4) is 0 Å². The maximum atomic E-state index is 2.75. The highest BCUT2D eigenvalue weighted by atomic mass is 14.6. The summed E-state index contributed by atoms with van der Waals surface area (Å²) in [5, 5.41) is 0. The SMILES string of the molecule is CCC1(CC)c2ccccc2-c2cc3c(cc21)C1(C2=C(CCC=C2)c2ccccc21)c1ccccc1C31C2=C(CCC=C2)c2ccccc21. The molecule has 5 aromatic carbocycles. The van der Waals surface area contributed by atoms with Crippen LogP contribution in [0.1, 0.15) is 108 Å². The molecule has 0 bridgehead atoms. The summed E-state index contributed by atoms with van der Waals surface area (Å²) in [6.45, 7) is 4.82. The minimum absolute atomic E-state index is 0.00718. The largest absolute Gasteiger partial charge is 0.0839 e. The number of rotatable bonds is 2. The van der Waals surface area contributed by atoms with Gasteiger partial charge in [-0.2, -0.15) is 0 Å². The van der Waals surface area contributed by atoms with Gasteiger partial charge in [0.1, 0.15) is 0 Å². The summed E-state index contributed by atoms with van der Waals surface area (Å²) in [7, 11) is 0. The quantitative estimate of drug-likeness (QED) is 0.182. The van der Waals surface area contributed by atoms with Crippen molar-refractivity contribution < 1.29 is 0 Å². The van der Waals surface area contributed by atoms with Crippen molar-refractivity contribution in [2.45, 2.75) is 68.6 Å². The number of allylic oxidation sites excluding steroid dienone is 8. The van der Waals surface area contributed by atoms with Gasteiger partial charge in [-0.15, -0.1) is 0 Å². The second-order valence-electron chi connectivity index (χ2n) is 15.1. The van der Waals surface area contributed by atoms with E-state index in [4.69, 9.17) is 0 Å². The average molecular weight is 629 g/mol.